The molecular weight excluding hydrogens is 316 g/mol. The lowest BCUT2D eigenvalue weighted by Crippen LogP contribution is -2.48. The van der Waals surface area contributed by atoms with Crippen molar-refractivity contribution in [1.82, 2.24) is 4.98 Å². The van der Waals surface area contributed by atoms with Crippen molar-refractivity contribution < 1.29 is 0 Å². The Morgan fingerprint density at radius 3 is 2.46 bits per heavy atom. The van der Waals surface area contributed by atoms with Gasteiger partial charge in [-0.25, -0.2) is 0 Å². The molecule has 2 aliphatic rings. The Morgan fingerprint density at radius 1 is 0.885 bits per heavy atom. The van der Waals surface area contributed by atoms with E-state index in [4.69, 9.17) is 4.99 Å². The zero-order chi connectivity index (χ0) is 17.8. The van der Waals surface area contributed by atoms with E-state index < -0.39 is 0 Å². The molecule has 3 aromatic rings. The fraction of sp³-hybridized carbons (Fsp3) is 0.333. The first-order valence-corrected chi connectivity index (χ1v) is 9.66. The Morgan fingerprint density at radius 2 is 1.62 bits per heavy atom. The number of para-hydroxylation sites is 1. The van der Waals surface area contributed by atoms with Crippen LogP contribution in [0.2, 0.25) is 0 Å². The Labute approximate surface area is 155 Å². The predicted octanol–water partition coefficient (Wildman–Crippen LogP) is 5.68. The maximum absolute atomic E-state index is 5.34. The molecule has 1 aliphatic heterocycles. The molecule has 1 saturated carbocycles. The van der Waals surface area contributed by atoms with E-state index in [-0.39, 0.29) is 11.0 Å². The van der Waals surface area contributed by atoms with Gasteiger partial charge in [0.2, 0.25) is 0 Å². The van der Waals surface area contributed by atoms with Crippen LogP contribution in [-0.2, 0) is 5.41 Å². The van der Waals surface area contributed by atoms with Crippen LogP contribution in [0.1, 0.15) is 56.2 Å². The molecule has 2 aromatic carbocycles. The van der Waals surface area contributed by atoms with Gasteiger partial charge in [0.15, 0.2) is 0 Å². The van der Waals surface area contributed by atoms with Gasteiger partial charge >= 0.3 is 0 Å². The SMILES string of the molecule is CC1(C)N=C(c2cnc3ccccc3c2)c2ccccc2C12CCCC2. The van der Waals surface area contributed by atoms with Gasteiger partial charge in [0, 0.05) is 28.1 Å². The van der Waals surface area contributed by atoms with Crippen LogP contribution in [0.4, 0.5) is 0 Å². The molecule has 2 heteroatoms. The molecule has 0 radical (unpaired) electrons. The number of aliphatic imine (C=N–C) groups is 1. The zero-order valence-corrected chi connectivity index (χ0v) is 15.5. The molecule has 0 N–H and O–H groups in total. The van der Waals surface area contributed by atoms with Gasteiger partial charge in [-0.3, -0.25) is 9.98 Å². The monoisotopic (exact) mass is 340 g/mol. The lowest BCUT2D eigenvalue weighted by atomic mass is 9.62. The Balaban J connectivity index is 1.75. The second kappa shape index (κ2) is 5.51. The molecule has 0 bridgehead atoms. The minimum absolute atomic E-state index is 0.0984. The molecular formula is C24H24N2. The molecule has 1 aliphatic carbocycles. The standard InChI is InChI=1S/C24H24N2/c1-23(2)24(13-7-8-14-24)20-11-5-4-10-19(20)22(26-23)18-15-17-9-3-6-12-21(17)25-16-18/h3-6,9-12,15-16H,7-8,13-14H2,1-2H3. The van der Waals surface area contributed by atoms with E-state index in [1.54, 1.807) is 0 Å². The first kappa shape index (κ1) is 15.7. The van der Waals surface area contributed by atoms with Crippen molar-refractivity contribution in [3.8, 4) is 0 Å². The van der Waals surface area contributed by atoms with Crippen LogP contribution in [0.5, 0.6) is 0 Å². The summed E-state index contributed by atoms with van der Waals surface area (Å²) in [4.78, 5) is 10.0. The number of fused-ring (bicyclic) bond motifs is 3. The number of rotatable bonds is 1. The maximum atomic E-state index is 5.34. The number of hydrogen-bond donors (Lipinski definition) is 0. The van der Waals surface area contributed by atoms with Crippen LogP contribution in [-0.4, -0.2) is 16.2 Å². The van der Waals surface area contributed by atoms with Crippen molar-refractivity contribution in [2.75, 3.05) is 0 Å². The number of pyridine rings is 1. The molecule has 0 saturated heterocycles. The summed E-state index contributed by atoms with van der Waals surface area (Å²) in [5, 5.41) is 1.17. The maximum Gasteiger partial charge on any atom is 0.0744 e. The van der Waals surface area contributed by atoms with E-state index in [0.717, 1.165) is 16.8 Å². The summed E-state index contributed by atoms with van der Waals surface area (Å²) in [6, 6.07) is 19.5. The number of hydrogen-bond acceptors (Lipinski definition) is 2. The average molecular weight is 340 g/mol. The van der Waals surface area contributed by atoms with E-state index in [9.17, 15) is 0 Å². The van der Waals surface area contributed by atoms with Gasteiger partial charge in [-0.15, -0.1) is 0 Å². The smallest absolute Gasteiger partial charge is 0.0744 e. The topological polar surface area (TPSA) is 25.2 Å². The van der Waals surface area contributed by atoms with Crippen LogP contribution < -0.4 is 0 Å². The first-order valence-electron chi connectivity index (χ1n) is 9.66. The van der Waals surface area contributed by atoms with Crippen LogP contribution in [0.15, 0.2) is 65.8 Å². The van der Waals surface area contributed by atoms with Crippen molar-refractivity contribution in [2.24, 2.45) is 4.99 Å². The van der Waals surface area contributed by atoms with E-state index in [1.165, 1.54) is 42.2 Å². The molecule has 0 amide bonds. The molecule has 5 rings (SSSR count). The van der Waals surface area contributed by atoms with Gasteiger partial charge in [-0.05, 0) is 44.4 Å². The highest BCUT2D eigenvalue weighted by Crippen LogP contribution is 2.53. The fourth-order valence-corrected chi connectivity index (χ4v) is 5.16. The van der Waals surface area contributed by atoms with Crippen LogP contribution in [0, 0.1) is 0 Å². The van der Waals surface area contributed by atoms with Gasteiger partial charge in [-0.2, -0.15) is 0 Å². The summed E-state index contributed by atoms with van der Waals surface area (Å²) in [6.45, 7) is 4.64. The summed E-state index contributed by atoms with van der Waals surface area (Å²) in [7, 11) is 0. The highest BCUT2D eigenvalue weighted by atomic mass is 14.9. The van der Waals surface area contributed by atoms with Crippen LogP contribution in [0.3, 0.4) is 0 Å². The normalized spacial score (nSPS) is 20.2. The molecule has 1 fully saturated rings. The van der Waals surface area contributed by atoms with Gasteiger partial charge in [0.05, 0.1) is 16.8 Å². The van der Waals surface area contributed by atoms with Gasteiger partial charge in [0.1, 0.15) is 0 Å². The Kier molecular flexibility index (Phi) is 3.34. The highest BCUT2D eigenvalue weighted by Gasteiger charge is 2.51. The number of aromatic nitrogens is 1. The summed E-state index contributed by atoms with van der Waals surface area (Å²) in [5.41, 5.74) is 6.12. The highest BCUT2D eigenvalue weighted by molar-refractivity contribution is 6.15. The van der Waals surface area contributed by atoms with Gasteiger partial charge in [-0.1, -0.05) is 55.3 Å². The van der Waals surface area contributed by atoms with Crippen LogP contribution >= 0.6 is 0 Å². The molecule has 2 nitrogen and oxygen atoms in total. The quantitative estimate of drug-likeness (QED) is 0.560. The molecule has 1 aromatic heterocycles. The summed E-state index contributed by atoms with van der Waals surface area (Å²) < 4.78 is 0. The molecule has 26 heavy (non-hydrogen) atoms. The van der Waals surface area contributed by atoms with E-state index in [0.29, 0.717) is 0 Å². The number of benzene rings is 2. The molecule has 1 spiro atoms. The minimum atomic E-state index is -0.0984. The van der Waals surface area contributed by atoms with Crippen molar-refractivity contribution in [1.29, 1.82) is 0 Å². The van der Waals surface area contributed by atoms with Crippen molar-refractivity contribution >= 4 is 16.6 Å². The predicted molar refractivity (Wildman–Crippen MR) is 108 cm³/mol. The third kappa shape index (κ3) is 2.11. The lowest BCUT2D eigenvalue weighted by Gasteiger charge is -2.47. The van der Waals surface area contributed by atoms with E-state index in [2.05, 4.69) is 67.4 Å². The van der Waals surface area contributed by atoms with Gasteiger partial charge in [0.25, 0.3) is 0 Å². The fourth-order valence-electron chi connectivity index (χ4n) is 5.16. The average Bonchev–Trinajstić information content (AvgIpc) is 3.16. The van der Waals surface area contributed by atoms with E-state index >= 15 is 0 Å². The molecule has 2 heterocycles. The van der Waals surface area contributed by atoms with Crippen molar-refractivity contribution in [2.45, 2.75) is 50.5 Å². The van der Waals surface area contributed by atoms with Crippen LogP contribution in [0.25, 0.3) is 10.9 Å². The van der Waals surface area contributed by atoms with Gasteiger partial charge < -0.3 is 0 Å². The summed E-state index contributed by atoms with van der Waals surface area (Å²) >= 11 is 0. The third-order valence-corrected chi connectivity index (χ3v) is 6.58. The van der Waals surface area contributed by atoms with Crippen molar-refractivity contribution in [3.63, 3.8) is 0 Å². The Bertz CT molecular complexity index is 1020. The largest absolute Gasteiger partial charge is 0.277 e. The lowest BCUT2D eigenvalue weighted by molar-refractivity contribution is 0.258. The Hall–Kier alpha value is -2.48. The van der Waals surface area contributed by atoms with E-state index in [1.807, 2.05) is 12.3 Å². The zero-order valence-electron chi connectivity index (χ0n) is 15.5. The molecule has 0 atom stereocenters. The molecule has 0 unspecified atom stereocenters. The van der Waals surface area contributed by atoms with Crippen molar-refractivity contribution in [3.05, 3.63) is 77.5 Å². The minimum Gasteiger partial charge on any atom is -0.277 e. The summed E-state index contributed by atoms with van der Waals surface area (Å²) in [6.07, 6.45) is 7.08. The molecule has 130 valence electrons. The second-order valence-corrected chi connectivity index (χ2v) is 8.27. The first-order chi connectivity index (χ1) is 12.6. The number of nitrogens with zero attached hydrogens (tertiary/aromatic N) is 2. The second-order valence-electron chi connectivity index (χ2n) is 8.27. The summed E-state index contributed by atoms with van der Waals surface area (Å²) in [5.74, 6) is 0. The third-order valence-electron chi connectivity index (χ3n) is 6.58.